The van der Waals surface area contributed by atoms with E-state index < -0.39 is 0 Å². The Balaban J connectivity index is 0.00000338. The van der Waals surface area contributed by atoms with E-state index in [1.54, 1.807) is 19.6 Å². The molecule has 0 aliphatic heterocycles. The van der Waals surface area contributed by atoms with Crippen molar-refractivity contribution in [3.63, 3.8) is 0 Å². The number of guanidine groups is 1. The van der Waals surface area contributed by atoms with E-state index in [1.807, 2.05) is 12.1 Å². The first-order valence-electron chi connectivity index (χ1n) is 8.47. The van der Waals surface area contributed by atoms with Gasteiger partial charge in [0, 0.05) is 32.0 Å². The van der Waals surface area contributed by atoms with E-state index in [-0.39, 0.29) is 29.4 Å². The van der Waals surface area contributed by atoms with Crippen molar-refractivity contribution in [2.75, 3.05) is 26.8 Å². The third-order valence-corrected chi connectivity index (χ3v) is 3.51. The summed E-state index contributed by atoms with van der Waals surface area (Å²) in [5.41, 5.74) is -0.0597. The van der Waals surface area contributed by atoms with Crippen LogP contribution in [0.15, 0.2) is 38.4 Å². The molecule has 0 fully saturated rings. The summed E-state index contributed by atoms with van der Waals surface area (Å²) < 4.78 is 16.2. The summed E-state index contributed by atoms with van der Waals surface area (Å²) in [6.07, 6.45) is 4.23. The molecule has 2 heterocycles. The number of halogens is 1. The maximum atomic E-state index is 5.77. The highest BCUT2D eigenvalue weighted by atomic mass is 127. The summed E-state index contributed by atoms with van der Waals surface area (Å²) in [7, 11) is 1.67. The maximum Gasteiger partial charge on any atom is 0.216 e. The topological polar surface area (TPSA) is 84.8 Å². The summed E-state index contributed by atoms with van der Waals surface area (Å²) in [5, 5.41) is 6.50. The zero-order chi connectivity index (χ0) is 18.1. The number of nitrogens with zero attached hydrogens (tertiary/aromatic N) is 2. The summed E-state index contributed by atoms with van der Waals surface area (Å²) in [5.74, 6) is 3.09. The predicted octanol–water partition coefficient (Wildman–Crippen LogP) is 3.11. The number of hydrogen-bond acceptors (Lipinski definition) is 5. The first kappa shape index (κ1) is 22.5. The van der Waals surface area contributed by atoms with Crippen molar-refractivity contribution in [3.05, 3.63) is 42.0 Å². The Labute approximate surface area is 172 Å². The van der Waals surface area contributed by atoms with Gasteiger partial charge in [-0.2, -0.15) is 0 Å². The number of aliphatic imine (C=N–C) groups is 1. The number of rotatable bonds is 8. The Kier molecular flexibility index (Phi) is 9.71. The highest BCUT2D eigenvalue weighted by Crippen LogP contribution is 2.22. The minimum absolute atomic E-state index is 0. The third kappa shape index (κ3) is 7.77. The quantitative estimate of drug-likeness (QED) is 0.264. The first-order valence-corrected chi connectivity index (χ1v) is 8.47. The fourth-order valence-corrected chi connectivity index (χ4v) is 2.08. The molecule has 26 heavy (non-hydrogen) atoms. The van der Waals surface area contributed by atoms with Crippen LogP contribution in [0.5, 0.6) is 0 Å². The minimum atomic E-state index is -0.0597. The van der Waals surface area contributed by atoms with Crippen molar-refractivity contribution < 1.29 is 13.6 Å². The SMILES string of the molecule is COCCNC(=NCc1ncc(C(C)(C)C)o1)NCCc1ccco1.I. The molecule has 2 aromatic rings. The molecule has 2 N–H and O–H groups in total. The second-order valence-electron chi connectivity index (χ2n) is 6.71. The van der Waals surface area contributed by atoms with Crippen LogP contribution < -0.4 is 10.6 Å². The van der Waals surface area contributed by atoms with E-state index in [1.165, 1.54) is 0 Å². The maximum absolute atomic E-state index is 5.77. The standard InChI is InChI=1S/C18H28N4O3.HI/c1-18(2,3)15-12-21-16(25-15)13-22-17(20-9-11-23-4)19-8-7-14-6-5-10-24-14;/h5-6,10,12H,7-9,11,13H2,1-4H3,(H2,19,20,22);1H. The fraction of sp³-hybridized carbons (Fsp3) is 0.556. The van der Waals surface area contributed by atoms with Crippen molar-refractivity contribution in [1.29, 1.82) is 0 Å². The highest BCUT2D eigenvalue weighted by Gasteiger charge is 2.19. The second kappa shape index (κ2) is 11.2. The zero-order valence-electron chi connectivity index (χ0n) is 15.9. The van der Waals surface area contributed by atoms with E-state index >= 15 is 0 Å². The van der Waals surface area contributed by atoms with Gasteiger partial charge in [-0.15, -0.1) is 24.0 Å². The molecule has 8 heteroatoms. The molecule has 0 unspecified atom stereocenters. The van der Waals surface area contributed by atoms with Crippen LogP contribution in [-0.4, -0.2) is 37.7 Å². The molecule has 0 saturated carbocycles. The Morgan fingerprint density at radius 3 is 2.65 bits per heavy atom. The minimum Gasteiger partial charge on any atom is -0.469 e. The van der Waals surface area contributed by atoms with Gasteiger partial charge in [0.25, 0.3) is 0 Å². The summed E-state index contributed by atoms with van der Waals surface area (Å²) in [4.78, 5) is 8.84. The molecule has 0 amide bonds. The van der Waals surface area contributed by atoms with E-state index in [0.29, 0.717) is 38.1 Å². The lowest BCUT2D eigenvalue weighted by Gasteiger charge is -2.13. The molecular formula is C18H29IN4O3. The molecule has 0 spiro atoms. The first-order chi connectivity index (χ1) is 12.0. The van der Waals surface area contributed by atoms with Gasteiger partial charge >= 0.3 is 0 Å². The van der Waals surface area contributed by atoms with Crippen molar-refractivity contribution in [1.82, 2.24) is 15.6 Å². The molecule has 0 radical (unpaired) electrons. The lowest BCUT2D eigenvalue weighted by molar-refractivity contribution is 0.203. The Bertz CT molecular complexity index is 648. The molecule has 0 aromatic carbocycles. The van der Waals surface area contributed by atoms with Gasteiger partial charge in [-0.05, 0) is 12.1 Å². The number of oxazole rings is 1. The van der Waals surface area contributed by atoms with Crippen LogP contribution in [0.1, 0.15) is 38.2 Å². The van der Waals surface area contributed by atoms with Crippen LogP contribution >= 0.6 is 24.0 Å². The van der Waals surface area contributed by atoms with Crippen LogP contribution in [0, 0.1) is 0 Å². The van der Waals surface area contributed by atoms with Crippen molar-refractivity contribution in [3.8, 4) is 0 Å². The number of methoxy groups -OCH3 is 1. The van der Waals surface area contributed by atoms with E-state index in [2.05, 4.69) is 41.4 Å². The van der Waals surface area contributed by atoms with Crippen molar-refractivity contribution in [2.24, 2.45) is 4.99 Å². The van der Waals surface area contributed by atoms with Crippen molar-refractivity contribution in [2.45, 2.75) is 39.2 Å². The third-order valence-electron chi connectivity index (χ3n) is 3.51. The zero-order valence-corrected chi connectivity index (χ0v) is 18.2. The summed E-state index contributed by atoms with van der Waals surface area (Å²) in [6, 6.07) is 3.84. The van der Waals surface area contributed by atoms with Crippen LogP contribution in [0.2, 0.25) is 0 Å². The van der Waals surface area contributed by atoms with E-state index in [9.17, 15) is 0 Å². The average Bonchev–Trinajstić information content (AvgIpc) is 3.23. The number of ether oxygens (including phenoxy) is 1. The smallest absolute Gasteiger partial charge is 0.216 e. The molecule has 0 atom stereocenters. The Morgan fingerprint density at radius 1 is 1.27 bits per heavy atom. The summed E-state index contributed by atoms with van der Waals surface area (Å²) >= 11 is 0. The Hall–Kier alpha value is -1.55. The lowest BCUT2D eigenvalue weighted by Crippen LogP contribution is -2.40. The molecule has 0 aliphatic rings. The molecular weight excluding hydrogens is 447 g/mol. The summed E-state index contributed by atoms with van der Waals surface area (Å²) in [6.45, 7) is 8.63. The number of aromatic nitrogens is 1. The van der Waals surface area contributed by atoms with Gasteiger partial charge in [0.1, 0.15) is 18.1 Å². The van der Waals surface area contributed by atoms with Gasteiger partial charge in [0.05, 0.1) is 19.1 Å². The predicted molar refractivity (Wildman–Crippen MR) is 112 cm³/mol. The molecule has 146 valence electrons. The van der Waals surface area contributed by atoms with Gasteiger partial charge in [-0.25, -0.2) is 9.98 Å². The normalized spacial score (nSPS) is 11.9. The van der Waals surface area contributed by atoms with Crippen molar-refractivity contribution >= 4 is 29.9 Å². The van der Waals surface area contributed by atoms with Crippen LogP contribution in [0.3, 0.4) is 0 Å². The van der Waals surface area contributed by atoms with Gasteiger partial charge in [0.15, 0.2) is 5.96 Å². The number of hydrogen-bond donors (Lipinski definition) is 2. The van der Waals surface area contributed by atoms with Gasteiger partial charge in [0.2, 0.25) is 5.89 Å². The fourth-order valence-electron chi connectivity index (χ4n) is 2.08. The van der Waals surface area contributed by atoms with Crippen LogP contribution in [0.25, 0.3) is 0 Å². The Morgan fingerprint density at radius 2 is 2.04 bits per heavy atom. The van der Waals surface area contributed by atoms with Gasteiger partial charge < -0.3 is 24.2 Å². The lowest BCUT2D eigenvalue weighted by atomic mass is 9.94. The molecule has 0 saturated heterocycles. The molecule has 2 aromatic heterocycles. The number of nitrogens with one attached hydrogen (secondary N) is 2. The molecule has 2 rings (SSSR count). The van der Waals surface area contributed by atoms with Crippen LogP contribution in [-0.2, 0) is 23.1 Å². The molecule has 0 aliphatic carbocycles. The van der Waals surface area contributed by atoms with Gasteiger partial charge in [-0.1, -0.05) is 20.8 Å². The average molecular weight is 476 g/mol. The largest absolute Gasteiger partial charge is 0.469 e. The molecule has 7 nitrogen and oxygen atoms in total. The number of furan rings is 1. The monoisotopic (exact) mass is 476 g/mol. The van der Waals surface area contributed by atoms with E-state index in [0.717, 1.165) is 17.9 Å². The van der Waals surface area contributed by atoms with Crippen LogP contribution in [0.4, 0.5) is 0 Å². The highest BCUT2D eigenvalue weighted by molar-refractivity contribution is 14.0. The van der Waals surface area contributed by atoms with E-state index in [4.69, 9.17) is 13.6 Å². The van der Waals surface area contributed by atoms with Gasteiger partial charge in [-0.3, -0.25) is 0 Å². The second-order valence-corrected chi connectivity index (χ2v) is 6.71. The molecule has 0 bridgehead atoms.